The van der Waals surface area contributed by atoms with Crippen molar-refractivity contribution >= 4 is 28.8 Å². The predicted molar refractivity (Wildman–Crippen MR) is 90.4 cm³/mol. The van der Waals surface area contributed by atoms with E-state index in [1.807, 2.05) is 6.92 Å². The van der Waals surface area contributed by atoms with Gasteiger partial charge < -0.3 is 10.1 Å². The van der Waals surface area contributed by atoms with Crippen LogP contribution in [0.2, 0.25) is 0 Å². The van der Waals surface area contributed by atoms with Crippen molar-refractivity contribution in [1.82, 2.24) is 4.98 Å². The molecule has 7 heteroatoms. The van der Waals surface area contributed by atoms with Gasteiger partial charge in [0.25, 0.3) is 0 Å². The normalized spacial score (nSPS) is 11.2. The highest BCUT2D eigenvalue weighted by Crippen LogP contribution is 2.25. The standard InChI is InChI=1S/C16H20FN3O2S/c1-10-18-8-12(23-10)9-19-14-7-11(17)5-6-13(14)20-15(21)22-16(2,3)4/h5-8,19H,9H2,1-4H3,(H,20,21). The van der Waals surface area contributed by atoms with Crippen molar-refractivity contribution < 1.29 is 13.9 Å². The van der Waals surface area contributed by atoms with Gasteiger partial charge >= 0.3 is 6.09 Å². The van der Waals surface area contributed by atoms with Gasteiger partial charge in [0.05, 0.1) is 22.9 Å². The van der Waals surface area contributed by atoms with Crippen LogP contribution in [0.4, 0.5) is 20.6 Å². The Morgan fingerprint density at radius 1 is 1.35 bits per heavy atom. The van der Waals surface area contributed by atoms with Crippen molar-refractivity contribution in [2.24, 2.45) is 0 Å². The second-order valence-electron chi connectivity index (χ2n) is 6.02. The lowest BCUT2D eigenvalue weighted by Gasteiger charge is -2.20. The van der Waals surface area contributed by atoms with Crippen LogP contribution in [0.3, 0.4) is 0 Å². The van der Waals surface area contributed by atoms with E-state index in [4.69, 9.17) is 4.74 Å². The molecule has 0 bridgehead atoms. The quantitative estimate of drug-likeness (QED) is 0.859. The Hall–Kier alpha value is -2.15. The molecule has 2 aromatic rings. The number of aryl methyl sites for hydroxylation is 1. The molecule has 0 aliphatic heterocycles. The third kappa shape index (κ3) is 5.52. The molecule has 0 radical (unpaired) electrons. The number of benzene rings is 1. The van der Waals surface area contributed by atoms with Crippen LogP contribution in [0.15, 0.2) is 24.4 Å². The lowest BCUT2D eigenvalue weighted by Crippen LogP contribution is -2.27. The van der Waals surface area contributed by atoms with Crippen molar-refractivity contribution in [3.8, 4) is 0 Å². The first-order chi connectivity index (χ1) is 10.7. The van der Waals surface area contributed by atoms with E-state index in [0.717, 1.165) is 9.88 Å². The van der Waals surface area contributed by atoms with Crippen molar-refractivity contribution in [3.05, 3.63) is 40.1 Å². The maximum Gasteiger partial charge on any atom is 0.412 e. The molecular weight excluding hydrogens is 317 g/mol. The van der Waals surface area contributed by atoms with E-state index in [1.54, 1.807) is 38.3 Å². The molecule has 2 N–H and O–H groups in total. The predicted octanol–water partition coefficient (Wildman–Crippen LogP) is 4.55. The lowest BCUT2D eigenvalue weighted by molar-refractivity contribution is 0.0636. The largest absolute Gasteiger partial charge is 0.444 e. The minimum absolute atomic E-state index is 0.386. The summed E-state index contributed by atoms with van der Waals surface area (Å²) >= 11 is 1.56. The molecule has 0 aliphatic carbocycles. The maximum atomic E-state index is 13.5. The number of ether oxygens (including phenoxy) is 1. The monoisotopic (exact) mass is 337 g/mol. The smallest absolute Gasteiger partial charge is 0.412 e. The zero-order chi connectivity index (χ0) is 17.0. The van der Waals surface area contributed by atoms with Gasteiger partial charge in [-0.1, -0.05) is 0 Å². The molecular formula is C16H20FN3O2S. The van der Waals surface area contributed by atoms with Crippen LogP contribution in [-0.4, -0.2) is 16.7 Å². The number of halogens is 1. The molecule has 1 amide bonds. The number of carbonyl (C=O) groups excluding carboxylic acids is 1. The van der Waals surface area contributed by atoms with E-state index in [1.165, 1.54) is 18.2 Å². The molecule has 0 spiro atoms. The zero-order valence-corrected chi connectivity index (χ0v) is 14.4. The fraction of sp³-hybridized carbons (Fsp3) is 0.375. The van der Waals surface area contributed by atoms with Gasteiger partial charge in [-0.05, 0) is 45.9 Å². The Bertz CT molecular complexity index is 695. The van der Waals surface area contributed by atoms with E-state index >= 15 is 0 Å². The van der Waals surface area contributed by atoms with E-state index in [-0.39, 0.29) is 5.82 Å². The van der Waals surface area contributed by atoms with Crippen molar-refractivity contribution in [2.45, 2.75) is 39.8 Å². The number of hydrogen-bond acceptors (Lipinski definition) is 5. The maximum absolute atomic E-state index is 13.5. The van der Waals surface area contributed by atoms with Crippen molar-refractivity contribution in [2.75, 3.05) is 10.6 Å². The summed E-state index contributed by atoms with van der Waals surface area (Å²) in [5.41, 5.74) is 0.349. The fourth-order valence-electron chi connectivity index (χ4n) is 1.85. The number of anilines is 2. The van der Waals surface area contributed by atoms with Gasteiger partial charge in [-0.25, -0.2) is 14.2 Å². The van der Waals surface area contributed by atoms with Crippen LogP contribution >= 0.6 is 11.3 Å². The van der Waals surface area contributed by atoms with E-state index in [2.05, 4.69) is 15.6 Å². The van der Waals surface area contributed by atoms with Crippen LogP contribution in [0.5, 0.6) is 0 Å². The second-order valence-corrected chi connectivity index (χ2v) is 7.34. The highest BCUT2D eigenvalue weighted by Gasteiger charge is 2.17. The van der Waals surface area contributed by atoms with Gasteiger partial charge in [0, 0.05) is 11.1 Å². The summed E-state index contributed by atoms with van der Waals surface area (Å²) in [6.07, 6.45) is 1.19. The third-order valence-electron chi connectivity index (χ3n) is 2.74. The van der Waals surface area contributed by atoms with E-state index < -0.39 is 11.7 Å². The Balaban J connectivity index is 2.09. The number of carbonyl (C=O) groups is 1. The molecule has 0 fully saturated rings. The highest BCUT2D eigenvalue weighted by atomic mass is 32.1. The summed E-state index contributed by atoms with van der Waals surface area (Å²) in [7, 11) is 0. The van der Waals surface area contributed by atoms with Gasteiger partial charge in [0.2, 0.25) is 0 Å². The van der Waals surface area contributed by atoms with Crippen LogP contribution in [0.25, 0.3) is 0 Å². The number of thiazole rings is 1. The molecule has 1 aromatic heterocycles. The molecule has 2 rings (SSSR count). The fourth-order valence-corrected chi connectivity index (χ4v) is 2.59. The molecule has 23 heavy (non-hydrogen) atoms. The average Bonchev–Trinajstić information content (AvgIpc) is 2.82. The molecule has 0 saturated heterocycles. The summed E-state index contributed by atoms with van der Waals surface area (Å²) in [5, 5.41) is 6.71. The van der Waals surface area contributed by atoms with E-state index in [9.17, 15) is 9.18 Å². The molecule has 0 saturated carbocycles. The number of aromatic nitrogens is 1. The Morgan fingerprint density at radius 3 is 2.70 bits per heavy atom. The lowest BCUT2D eigenvalue weighted by atomic mass is 10.2. The van der Waals surface area contributed by atoms with E-state index in [0.29, 0.717) is 17.9 Å². The summed E-state index contributed by atoms with van der Waals surface area (Å²) < 4.78 is 18.7. The number of hydrogen-bond donors (Lipinski definition) is 2. The summed E-state index contributed by atoms with van der Waals surface area (Å²) in [6, 6.07) is 4.12. The number of nitrogens with zero attached hydrogens (tertiary/aromatic N) is 1. The molecule has 1 heterocycles. The Labute approximate surface area is 138 Å². The zero-order valence-electron chi connectivity index (χ0n) is 13.6. The first-order valence-corrected chi connectivity index (χ1v) is 7.99. The SMILES string of the molecule is Cc1ncc(CNc2cc(F)ccc2NC(=O)OC(C)(C)C)s1. The highest BCUT2D eigenvalue weighted by molar-refractivity contribution is 7.11. The molecule has 0 unspecified atom stereocenters. The van der Waals surface area contributed by atoms with Crippen molar-refractivity contribution in [3.63, 3.8) is 0 Å². The first-order valence-electron chi connectivity index (χ1n) is 7.18. The topological polar surface area (TPSA) is 63.2 Å². The second kappa shape index (κ2) is 6.95. The molecule has 1 aromatic carbocycles. The van der Waals surface area contributed by atoms with Gasteiger partial charge in [-0.15, -0.1) is 11.3 Å². The summed E-state index contributed by atoms with van der Waals surface area (Å²) in [4.78, 5) is 17.1. The average molecular weight is 337 g/mol. The summed E-state index contributed by atoms with van der Waals surface area (Å²) in [5.74, 6) is -0.386. The van der Waals surface area contributed by atoms with Crippen LogP contribution < -0.4 is 10.6 Å². The van der Waals surface area contributed by atoms with Crippen molar-refractivity contribution in [1.29, 1.82) is 0 Å². The number of rotatable bonds is 4. The van der Waals surface area contributed by atoms with Gasteiger partial charge in [0.1, 0.15) is 11.4 Å². The Kier molecular flexibility index (Phi) is 5.20. The molecule has 124 valence electrons. The number of nitrogens with one attached hydrogen (secondary N) is 2. The third-order valence-corrected chi connectivity index (χ3v) is 3.65. The Morgan fingerprint density at radius 2 is 2.09 bits per heavy atom. The molecule has 0 aliphatic rings. The first kappa shape index (κ1) is 17.2. The molecule has 5 nitrogen and oxygen atoms in total. The van der Waals surface area contributed by atoms with Crippen LogP contribution in [-0.2, 0) is 11.3 Å². The summed E-state index contributed by atoms with van der Waals surface area (Å²) in [6.45, 7) is 7.76. The molecule has 0 atom stereocenters. The van der Waals surface area contributed by atoms with Gasteiger partial charge in [0.15, 0.2) is 0 Å². The minimum atomic E-state index is -0.599. The van der Waals surface area contributed by atoms with Gasteiger partial charge in [-0.3, -0.25) is 5.32 Å². The van der Waals surface area contributed by atoms with Crippen LogP contribution in [0, 0.1) is 12.7 Å². The van der Waals surface area contributed by atoms with Gasteiger partial charge in [-0.2, -0.15) is 0 Å². The minimum Gasteiger partial charge on any atom is -0.444 e. The number of amides is 1. The van der Waals surface area contributed by atoms with Crippen LogP contribution in [0.1, 0.15) is 30.7 Å².